The van der Waals surface area contributed by atoms with Crippen molar-refractivity contribution in [3.05, 3.63) is 117 Å². The van der Waals surface area contributed by atoms with E-state index >= 15 is 0 Å². The summed E-state index contributed by atoms with van der Waals surface area (Å²) >= 11 is 13.0. The van der Waals surface area contributed by atoms with Crippen LogP contribution in [-0.4, -0.2) is 68.9 Å². The van der Waals surface area contributed by atoms with E-state index in [1.165, 1.54) is 19.5 Å². The second kappa shape index (κ2) is 18.4. The molecular weight excluding hydrogens is 705 g/mol. The monoisotopic (exact) mass is 749 g/mol. The van der Waals surface area contributed by atoms with E-state index in [1.54, 1.807) is 50.6 Å². The van der Waals surface area contributed by atoms with Crippen LogP contribution in [0.3, 0.4) is 0 Å². The van der Waals surface area contributed by atoms with Gasteiger partial charge in [-0.25, -0.2) is 9.59 Å². The van der Waals surface area contributed by atoms with E-state index in [-0.39, 0.29) is 31.0 Å². The molecule has 3 aromatic carbocycles. The Balaban J connectivity index is 1.37. The van der Waals surface area contributed by atoms with E-state index in [9.17, 15) is 9.59 Å². The minimum absolute atomic E-state index is 0.182. The van der Waals surface area contributed by atoms with Crippen LogP contribution in [0, 0.1) is 5.92 Å². The highest BCUT2D eigenvalue weighted by atomic mass is 35.5. The normalized spacial score (nSPS) is 17.1. The lowest BCUT2D eigenvalue weighted by Gasteiger charge is -2.36. The molecule has 1 N–H and O–H groups in total. The van der Waals surface area contributed by atoms with Crippen molar-refractivity contribution in [2.24, 2.45) is 5.92 Å². The van der Waals surface area contributed by atoms with Crippen LogP contribution in [-0.2, 0) is 27.2 Å². The number of carbonyl (C=O) groups excluding carboxylic acids is 2. The minimum atomic E-state index is -0.819. The van der Waals surface area contributed by atoms with E-state index < -0.39 is 18.1 Å². The van der Waals surface area contributed by atoms with Gasteiger partial charge in [-0.2, -0.15) is 0 Å². The van der Waals surface area contributed by atoms with E-state index in [1.807, 2.05) is 30.3 Å². The van der Waals surface area contributed by atoms with Gasteiger partial charge in [-0.1, -0.05) is 73.4 Å². The smallest absolute Gasteiger partial charge is 0.338 e. The number of benzene rings is 3. The first kappa shape index (κ1) is 38.9. The summed E-state index contributed by atoms with van der Waals surface area (Å²) in [5, 5.41) is 4.08. The van der Waals surface area contributed by atoms with Gasteiger partial charge in [0.15, 0.2) is 11.5 Å². The fourth-order valence-corrected chi connectivity index (χ4v) is 6.82. The lowest BCUT2D eigenvalue weighted by atomic mass is 9.95. The van der Waals surface area contributed by atoms with Crippen molar-refractivity contribution in [3.8, 4) is 17.2 Å². The summed E-state index contributed by atoms with van der Waals surface area (Å²) in [6.07, 6.45) is 3.11. The number of hydrogen-bond acceptors (Lipinski definition) is 10. The summed E-state index contributed by atoms with van der Waals surface area (Å²) in [4.78, 5) is 34.0. The highest BCUT2D eigenvalue weighted by Gasteiger charge is 2.33. The largest absolute Gasteiger partial charge is 0.496 e. The zero-order valence-electron chi connectivity index (χ0n) is 30.1. The van der Waals surface area contributed by atoms with E-state index in [0.29, 0.717) is 56.1 Å². The van der Waals surface area contributed by atoms with Crippen molar-refractivity contribution in [3.63, 3.8) is 0 Å². The number of likely N-dealkylation sites (tertiary alicyclic amines) is 1. The fourth-order valence-electron chi connectivity index (χ4n) is 6.31. The van der Waals surface area contributed by atoms with Crippen molar-refractivity contribution in [1.82, 2.24) is 15.2 Å². The number of likely N-dealkylation sites (N-methyl/N-ethyl adjacent to an activating group) is 1. The van der Waals surface area contributed by atoms with Crippen molar-refractivity contribution in [2.45, 2.75) is 51.5 Å². The van der Waals surface area contributed by atoms with Crippen LogP contribution in [0.25, 0.3) is 0 Å². The number of para-hydroxylation sites is 1. The molecule has 2 unspecified atom stereocenters. The van der Waals surface area contributed by atoms with Gasteiger partial charge in [-0.05, 0) is 72.5 Å². The predicted octanol–water partition coefficient (Wildman–Crippen LogP) is 7.66. The molecule has 52 heavy (non-hydrogen) atoms. The van der Waals surface area contributed by atoms with Crippen molar-refractivity contribution in [2.75, 3.05) is 41.0 Å². The van der Waals surface area contributed by atoms with Gasteiger partial charge in [-0.3, -0.25) is 15.2 Å². The average molecular weight is 751 g/mol. The molecule has 0 aliphatic carbocycles. The first-order chi connectivity index (χ1) is 25.1. The Bertz CT molecular complexity index is 1820. The van der Waals surface area contributed by atoms with E-state index in [4.69, 9.17) is 46.9 Å². The maximum Gasteiger partial charge on any atom is 0.338 e. The zero-order valence-corrected chi connectivity index (χ0v) is 31.6. The number of rotatable bonds is 15. The SMILES string of the molecule is CCN1CCC(C)[C@@H](OC(=O)C(NCc2cccc(C(=O)O[C@@H](Cc3c(Cl)cncc3Cl)c3ccc(OC)c(OC)c3)c2)c2ccccc2OC)C1. The molecule has 12 heteroatoms. The Morgan fingerprint density at radius 1 is 0.923 bits per heavy atom. The molecule has 5 rings (SSSR count). The molecule has 0 radical (unpaired) electrons. The lowest BCUT2D eigenvalue weighted by Crippen LogP contribution is -2.46. The summed E-state index contributed by atoms with van der Waals surface area (Å²) in [6, 6.07) is 18.9. The number of aromatic nitrogens is 1. The molecule has 1 aliphatic heterocycles. The van der Waals surface area contributed by atoms with Crippen LogP contribution in [0.1, 0.15) is 65.0 Å². The quantitative estimate of drug-likeness (QED) is 0.122. The number of ether oxygens (including phenoxy) is 5. The maximum absolute atomic E-state index is 13.9. The Labute approximate surface area is 315 Å². The average Bonchev–Trinajstić information content (AvgIpc) is 3.16. The zero-order chi connectivity index (χ0) is 37.2. The standard InChI is InChI=1S/C40H45Cl2N3O7/c1-6-45-17-16-25(2)37(24-45)52-40(47)38(29-12-7-8-13-33(29)48-3)44-21-26-10-9-11-28(18-26)39(46)51-35(20-30-31(41)22-43-23-32(30)42)27-14-15-34(49-4)36(19-27)50-5/h7-15,18-19,22-23,25,35,37-38,44H,6,16-17,20-21,24H2,1-5H3/t25?,35-,37-,38?/m0/s1. The molecule has 1 aromatic heterocycles. The van der Waals surface area contributed by atoms with Crippen LogP contribution in [0.5, 0.6) is 17.2 Å². The molecule has 0 saturated carbocycles. The van der Waals surface area contributed by atoms with Crippen LogP contribution < -0.4 is 19.5 Å². The molecule has 276 valence electrons. The molecule has 1 aliphatic rings. The number of piperidine rings is 1. The van der Waals surface area contributed by atoms with Gasteiger partial charge in [0.1, 0.15) is 24.0 Å². The number of carbonyl (C=O) groups is 2. The topological polar surface area (TPSA) is 108 Å². The van der Waals surface area contributed by atoms with E-state index in [0.717, 1.165) is 25.1 Å². The highest BCUT2D eigenvalue weighted by molar-refractivity contribution is 6.35. The van der Waals surface area contributed by atoms with Gasteiger partial charge >= 0.3 is 11.9 Å². The molecule has 1 saturated heterocycles. The Kier molecular flexibility index (Phi) is 13.8. The molecule has 1 fully saturated rings. The molecule has 0 bridgehead atoms. The van der Waals surface area contributed by atoms with Gasteiger partial charge in [0.25, 0.3) is 0 Å². The Morgan fingerprint density at radius 3 is 2.37 bits per heavy atom. The van der Waals surface area contributed by atoms with Gasteiger partial charge in [0.05, 0.1) is 36.9 Å². The Morgan fingerprint density at radius 2 is 1.65 bits per heavy atom. The Hall–Kier alpha value is -4.35. The summed E-state index contributed by atoms with van der Waals surface area (Å²) in [6.45, 7) is 7.06. The minimum Gasteiger partial charge on any atom is -0.496 e. The second-order valence-electron chi connectivity index (χ2n) is 12.7. The fraction of sp³-hybridized carbons (Fsp3) is 0.375. The highest BCUT2D eigenvalue weighted by Crippen LogP contribution is 2.36. The first-order valence-corrected chi connectivity index (χ1v) is 18.0. The second-order valence-corrected chi connectivity index (χ2v) is 13.5. The molecule has 0 amide bonds. The predicted molar refractivity (Wildman–Crippen MR) is 200 cm³/mol. The van der Waals surface area contributed by atoms with Crippen LogP contribution in [0.2, 0.25) is 10.0 Å². The third-order valence-corrected chi connectivity index (χ3v) is 10.1. The van der Waals surface area contributed by atoms with Crippen LogP contribution >= 0.6 is 23.2 Å². The first-order valence-electron chi connectivity index (χ1n) is 17.2. The number of pyridine rings is 1. The molecule has 4 aromatic rings. The molecule has 4 atom stereocenters. The van der Waals surface area contributed by atoms with Gasteiger partial charge in [0, 0.05) is 37.5 Å². The number of nitrogens with zero attached hydrogens (tertiary/aromatic N) is 2. The lowest BCUT2D eigenvalue weighted by molar-refractivity contribution is -0.157. The van der Waals surface area contributed by atoms with Gasteiger partial charge in [0.2, 0.25) is 0 Å². The van der Waals surface area contributed by atoms with Crippen molar-refractivity contribution >= 4 is 35.1 Å². The van der Waals surface area contributed by atoms with Crippen molar-refractivity contribution < 1.29 is 33.3 Å². The molecule has 0 spiro atoms. The molecule has 10 nitrogen and oxygen atoms in total. The molecule has 2 heterocycles. The third-order valence-electron chi connectivity index (χ3n) is 9.42. The van der Waals surface area contributed by atoms with Crippen LogP contribution in [0.4, 0.5) is 0 Å². The van der Waals surface area contributed by atoms with E-state index in [2.05, 4.69) is 29.0 Å². The number of hydrogen-bond donors (Lipinski definition) is 1. The van der Waals surface area contributed by atoms with Crippen molar-refractivity contribution in [1.29, 1.82) is 0 Å². The number of esters is 2. The summed E-state index contributed by atoms with van der Waals surface area (Å²) in [7, 11) is 4.66. The van der Waals surface area contributed by atoms with Gasteiger partial charge in [-0.15, -0.1) is 0 Å². The third kappa shape index (κ3) is 9.54. The van der Waals surface area contributed by atoms with Crippen LogP contribution in [0.15, 0.2) is 79.1 Å². The summed E-state index contributed by atoms with van der Waals surface area (Å²) < 4.78 is 28.9. The number of methoxy groups -OCH3 is 3. The van der Waals surface area contributed by atoms with Gasteiger partial charge < -0.3 is 23.7 Å². The summed E-state index contributed by atoms with van der Waals surface area (Å²) in [5.41, 5.74) is 2.98. The summed E-state index contributed by atoms with van der Waals surface area (Å²) in [5.74, 6) is 0.863. The maximum atomic E-state index is 13.9. The molecular formula is C40H45Cl2N3O7. The number of halogens is 2. The number of nitrogens with one attached hydrogen (secondary N) is 1.